The maximum absolute atomic E-state index is 12.7. The van der Waals surface area contributed by atoms with Crippen LogP contribution in [0.3, 0.4) is 0 Å². The Bertz CT molecular complexity index is 809. The molecule has 1 aromatic carbocycles. The molecule has 3 nitrogen and oxygen atoms in total. The van der Waals surface area contributed by atoms with Gasteiger partial charge in [0.25, 0.3) is 0 Å². The molecule has 0 spiro atoms. The molecule has 7 heteroatoms. The first-order valence-corrected chi connectivity index (χ1v) is 10.5. The predicted molar refractivity (Wildman–Crippen MR) is 94.9 cm³/mol. The predicted octanol–water partition coefficient (Wildman–Crippen LogP) is 4.64. The van der Waals surface area contributed by atoms with Crippen LogP contribution in [0.25, 0.3) is 0 Å². The van der Waals surface area contributed by atoms with Gasteiger partial charge in [0.15, 0.2) is 0 Å². The summed E-state index contributed by atoms with van der Waals surface area (Å²) in [6.45, 7) is 0. The Morgan fingerprint density at radius 1 is 1.05 bits per heavy atom. The minimum Gasteiger partial charge on any atom is -0.207 e. The van der Waals surface area contributed by atoms with Gasteiger partial charge in [-0.05, 0) is 61.9 Å². The molecule has 2 heterocycles. The van der Waals surface area contributed by atoms with Gasteiger partial charge in [-0.2, -0.15) is 16.1 Å². The number of hydrogen-bond donors (Lipinski definition) is 1. The Kier molecular flexibility index (Phi) is 4.79. The van der Waals surface area contributed by atoms with Crippen LogP contribution in [-0.4, -0.2) is 8.42 Å². The second-order valence-electron chi connectivity index (χ2n) is 4.56. The standard InChI is InChI=1S/C15H12BrNO2S3/c16-12-4-1-2-6-14(12)22(18,19)17-15(11-7-9-20-10-11)13-5-3-8-21-13/h1-10,15,17H/t15-/m0/s1. The van der Waals surface area contributed by atoms with E-state index in [1.807, 2.05) is 34.3 Å². The van der Waals surface area contributed by atoms with E-state index in [-0.39, 0.29) is 10.9 Å². The molecule has 0 aliphatic carbocycles. The molecule has 1 N–H and O–H groups in total. The molecule has 0 bridgehead atoms. The summed E-state index contributed by atoms with van der Waals surface area (Å²) < 4.78 is 28.8. The smallest absolute Gasteiger partial charge is 0.207 e. The van der Waals surface area contributed by atoms with Crippen LogP contribution >= 0.6 is 38.6 Å². The van der Waals surface area contributed by atoms with Gasteiger partial charge in [0, 0.05) is 9.35 Å². The Morgan fingerprint density at radius 2 is 1.86 bits per heavy atom. The maximum atomic E-state index is 12.7. The Labute approximate surface area is 145 Å². The second-order valence-corrected chi connectivity index (χ2v) is 8.85. The minimum absolute atomic E-state index is 0.242. The minimum atomic E-state index is -3.63. The van der Waals surface area contributed by atoms with Crippen LogP contribution in [-0.2, 0) is 10.0 Å². The summed E-state index contributed by atoms with van der Waals surface area (Å²) in [5, 5.41) is 5.86. The highest BCUT2D eigenvalue weighted by atomic mass is 79.9. The van der Waals surface area contributed by atoms with Crippen LogP contribution in [0, 0.1) is 0 Å². The van der Waals surface area contributed by atoms with Gasteiger partial charge in [0.05, 0.1) is 10.9 Å². The molecule has 22 heavy (non-hydrogen) atoms. The fraction of sp³-hybridized carbons (Fsp3) is 0.0667. The van der Waals surface area contributed by atoms with Crippen molar-refractivity contribution in [3.05, 3.63) is 73.5 Å². The summed E-state index contributed by atoms with van der Waals surface area (Å²) >= 11 is 6.39. The highest BCUT2D eigenvalue weighted by molar-refractivity contribution is 9.10. The average Bonchev–Trinajstić information content (AvgIpc) is 3.19. The topological polar surface area (TPSA) is 46.2 Å². The van der Waals surface area contributed by atoms with Crippen molar-refractivity contribution in [3.63, 3.8) is 0 Å². The summed E-state index contributed by atoms with van der Waals surface area (Å²) in [7, 11) is -3.63. The molecule has 114 valence electrons. The molecular weight excluding hydrogens is 402 g/mol. The molecule has 0 unspecified atom stereocenters. The highest BCUT2D eigenvalue weighted by Gasteiger charge is 2.25. The van der Waals surface area contributed by atoms with Crippen molar-refractivity contribution in [3.8, 4) is 0 Å². The van der Waals surface area contributed by atoms with Crippen LogP contribution in [0.2, 0.25) is 0 Å². The number of sulfonamides is 1. The van der Waals surface area contributed by atoms with E-state index in [0.29, 0.717) is 4.47 Å². The molecule has 0 amide bonds. The third-order valence-electron chi connectivity index (χ3n) is 3.10. The lowest BCUT2D eigenvalue weighted by atomic mass is 10.1. The van der Waals surface area contributed by atoms with Gasteiger partial charge in [-0.3, -0.25) is 0 Å². The van der Waals surface area contributed by atoms with E-state index in [1.165, 1.54) is 11.3 Å². The largest absolute Gasteiger partial charge is 0.242 e. The lowest BCUT2D eigenvalue weighted by molar-refractivity contribution is 0.573. The Hall–Kier alpha value is -0.990. The second kappa shape index (κ2) is 6.64. The summed E-state index contributed by atoms with van der Waals surface area (Å²) in [5.74, 6) is 0. The summed E-state index contributed by atoms with van der Waals surface area (Å²) in [6, 6.07) is 12.2. The molecular formula is C15H12BrNO2S3. The van der Waals surface area contributed by atoms with E-state index in [9.17, 15) is 8.42 Å². The van der Waals surface area contributed by atoms with Crippen molar-refractivity contribution < 1.29 is 8.42 Å². The van der Waals surface area contributed by atoms with Gasteiger partial charge in [-0.25, -0.2) is 8.42 Å². The van der Waals surface area contributed by atoms with Crippen molar-refractivity contribution in [2.75, 3.05) is 0 Å². The SMILES string of the molecule is O=S(=O)(N[C@@H](c1ccsc1)c1cccs1)c1ccccc1Br. The molecule has 0 radical (unpaired) electrons. The first kappa shape index (κ1) is 15.9. The van der Waals surface area contributed by atoms with E-state index in [4.69, 9.17) is 0 Å². The molecule has 0 fully saturated rings. The van der Waals surface area contributed by atoms with E-state index < -0.39 is 10.0 Å². The molecule has 2 aromatic heterocycles. The molecule has 1 atom stereocenters. The number of hydrogen-bond acceptors (Lipinski definition) is 4. The van der Waals surface area contributed by atoms with Crippen LogP contribution in [0.1, 0.15) is 16.5 Å². The third kappa shape index (κ3) is 3.33. The van der Waals surface area contributed by atoms with Gasteiger partial charge >= 0.3 is 0 Å². The quantitative estimate of drug-likeness (QED) is 0.661. The molecule has 0 aliphatic heterocycles. The highest BCUT2D eigenvalue weighted by Crippen LogP contribution is 2.30. The van der Waals surface area contributed by atoms with E-state index >= 15 is 0 Å². The molecule has 0 saturated carbocycles. The first-order chi connectivity index (χ1) is 10.6. The fourth-order valence-electron chi connectivity index (χ4n) is 2.07. The lowest BCUT2D eigenvalue weighted by Gasteiger charge is -2.17. The van der Waals surface area contributed by atoms with Crippen LogP contribution in [0.5, 0.6) is 0 Å². The van der Waals surface area contributed by atoms with Gasteiger partial charge < -0.3 is 0 Å². The van der Waals surface area contributed by atoms with Crippen LogP contribution in [0.4, 0.5) is 0 Å². The summed E-state index contributed by atoms with van der Waals surface area (Å²) in [5.41, 5.74) is 0.947. The van der Waals surface area contributed by atoms with Crippen molar-refractivity contribution in [2.45, 2.75) is 10.9 Å². The van der Waals surface area contributed by atoms with Crippen LogP contribution < -0.4 is 4.72 Å². The number of rotatable bonds is 5. The molecule has 0 saturated heterocycles. The van der Waals surface area contributed by atoms with Crippen molar-refractivity contribution >= 4 is 48.6 Å². The number of halogens is 1. The van der Waals surface area contributed by atoms with Crippen molar-refractivity contribution in [2.24, 2.45) is 0 Å². The zero-order valence-corrected chi connectivity index (χ0v) is 15.3. The van der Waals surface area contributed by atoms with E-state index in [0.717, 1.165) is 10.4 Å². The molecule has 3 aromatic rings. The number of thiophene rings is 2. The summed E-state index contributed by atoms with van der Waals surface area (Å²) in [6.07, 6.45) is 0. The van der Waals surface area contributed by atoms with Gasteiger partial charge in [0.1, 0.15) is 0 Å². The number of benzene rings is 1. The van der Waals surface area contributed by atoms with Crippen LogP contribution in [0.15, 0.2) is 68.0 Å². The molecule has 0 aliphatic rings. The number of nitrogens with one attached hydrogen (secondary N) is 1. The monoisotopic (exact) mass is 413 g/mol. The van der Waals surface area contributed by atoms with Gasteiger partial charge in [0.2, 0.25) is 10.0 Å². The van der Waals surface area contributed by atoms with Gasteiger partial charge in [-0.1, -0.05) is 18.2 Å². The third-order valence-corrected chi connectivity index (χ3v) is 7.18. The lowest BCUT2D eigenvalue weighted by Crippen LogP contribution is -2.29. The van der Waals surface area contributed by atoms with Gasteiger partial charge in [-0.15, -0.1) is 11.3 Å². The van der Waals surface area contributed by atoms with Crippen molar-refractivity contribution in [1.29, 1.82) is 0 Å². The van der Waals surface area contributed by atoms with E-state index in [1.54, 1.807) is 35.6 Å². The zero-order valence-electron chi connectivity index (χ0n) is 11.3. The van der Waals surface area contributed by atoms with Crippen molar-refractivity contribution in [1.82, 2.24) is 4.72 Å². The molecule has 3 rings (SSSR count). The normalized spacial score (nSPS) is 13.1. The fourth-order valence-corrected chi connectivity index (χ4v) is 5.84. The summed E-state index contributed by atoms with van der Waals surface area (Å²) in [4.78, 5) is 1.21. The first-order valence-electron chi connectivity index (χ1n) is 6.40. The zero-order chi connectivity index (χ0) is 15.6. The maximum Gasteiger partial charge on any atom is 0.242 e. The average molecular weight is 414 g/mol. The van der Waals surface area contributed by atoms with E-state index in [2.05, 4.69) is 20.7 Å². The Morgan fingerprint density at radius 3 is 2.50 bits per heavy atom. The Balaban J connectivity index is 1.99.